The quantitative estimate of drug-likeness (QED) is 0.733. The number of hydrogen-bond donors (Lipinski definition) is 2. The summed E-state index contributed by atoms with van der Waals surface area (Å²) in [5.41, 5.74) is 0.760. The van der Waals surface area contributed by atoms with Crippen LogP contribution in [-0.2, 0) is 14.8 Å². The van der Waals surface area contributed by atoms with E-state index in [-0.39, 0.29) is 16.1 Å². The summed E-state index contributed by atoms with van der Waals surface area (Å²) in [5, 5.41) is 7.66. The number of carbonyl (C=O) groups is 1. The van der Waals surface area contributed by atoms with Gasteiger partial charge in [-0.05, 0) is 52.3 Å². The van der Waals surface area contributed by atoms with E-state index >= 15 is 0 Å². The second-order valence-electron chi connectivity index (χ2n) is 5.91. The maximum absolute atomic E-state index is 14.4. The van der Waals surface area contributed by atoms with Crippen molar-refractivity contribution in [2.75, 3.05) is 36.5 Å². The van der Waals surface area contributed by atoms with Gasteiger partial charge in [0.15, 0.2) is 0 Å². The van der Waals surface area contributed by atoms with Crippen LogP contribution in [0.25, 0.3) is 0 Å². The highest BCUT2D eigenvalue weighted by atomic mass is 79.9. The number of sulfonamides is 1. The topological polar surface area (TPSA) is 102 Å². The fourth-order valence-corrected chi connectivity index (χ4v) is 3.67. The summed E-state index contributed by atoms with van der Waals surface area (Å²) in [5.74, 6) is -1.06. The Morgan fingerprint density at radius 1 is 1.19 bits per heavy atom. The molecule has 3 N–H and O–H groups in total. The van der Waals surface area contributed by atoms with Crippen LogP contribution in [0, 0.1) is 5.82 Å². The number of hydrogen-bond acceptors (Lipinski definition) is 5. The van der Waals surface area contributed by atoms with Gasteiger partial charge in [0.2, 0.25) is 10.0 Å². The summed E-state index contributed by atoms with van der Waals surface area (Å²) in [4.78, 5) is 14.2. The number of carbonyl (C=O) groups excluding carboxylic acids is 1. The molecule has 27 heavy (non-hydrogen) atoms. The summed E-state index contributed by atoms with van der Waals surface area (Å²) < 4.78 is 43.0. The van der Waals surface area contributed by atoms with Crippen molar-refractivity contribution in [3.63, 3.8) is 0 Å². The molecule has 0 aliphatic carbocycles. The highest BCUT2D eigenvalue weighted by molar-refractivity contribution is 9.10. The molecule has 1 aliphatic heterocycles. The summed E-state index contributed by atoms with van der Waals surface area (Å²) >= 11 is 3.20. The van der Waals surface area contributed by atoms with E-state index in [1.807, 2.05) is 4.90 Å². The minimum Gasteiger partial charge on any atom is -0.378 e. The molecule has 0 saturated carbocycles. The molecule has 7 nitrogen and oxygen atoms in total. The van der Waals surface area contributed by atoms with Gasteiger partial charge in [0, 0.05) is 23.2 Å². The van der Waals surface area contributed by atoms with Crippen molar-refractivity contribution in [3.05, 3.63) is 52.3 Å². The third kappa shape index (κ3) is 4.64. The SMILES string of the molecule is NS(=O)(=O)c1ccc(Br)c(C(=O)Nc2ccc(N3CCOCC3)c(F)c2)c1. The van der Waals surface area contributed by atoms with E-state index in [2.05, 4.69) is 21.2 Å². The van der Waals surface area contributed by atoms with Crippen LogP contribution in [-0.4, -0.2) is 40.6 Å². The van der Waals surface area contributed by atoms with Gasteiger partial charge in [-0.3, -0.25) is 4.79 Å². The number of nitrogens with zero attached hydrogens (tertiary/aromatic N) is 1. The van der Waals surface area contributed by atoms with Gasteiger partial charge in [0.1, 0.15) is 5.82 Å². The van der Waals surface area contributed by atoms with Gasteiger partial charge in [-0.25, -0.2) is 17.9 Å². The van der Waals surface area contributed by atoms with E-state index in [1.165, 1.54) is 18.2 Å². The molecule has 0 spiro atoms. The molecule has 0 bridgehead atoms. The van der Waals surface area contributed by atoms with Crippen molar-refractivity contribution >= 4 is 43.2 Å². The minimum atomic E-state index is -3.95. The minimum absolute atomic E-state index is 0.0687. The van der Waals surface area contributed by atoms with Gasteiger partial charge in [-0.15, -0.1) is 0 Å². The molecule has 10 heteroatoms. The van der Waals surface area contributed by atoms with Gasteiger partial charge in [0.05, 0.1) is 29.4 Å². The lowest BCUT2D eigenvalue weighted by Gasteiger charge is -2.29. The Kier molecular flexibility index (Phi) is 5.80. The predicted octanol–water partition coefficient (Wildman–Crippen LogP) is 2.32. The van der Waals surface area contributed by atoms with E-state index in [4.69, 9.17) is 9.88 Å². The van der Waals surface area contributed by atoms with Crippen molar-refractivity contribution in [2.45, 2.75) is 4.90 Å². The summed E-state index contributed by atoms with van der Waals surface area (Å²) in [6.07, 6.45) is 0. The third-order valence-electron chi connectivity index (χ3n) is 4.07. The third-order valence-corrected chi connectivity index (χ3v) is 5.67. The van der Waals surface area contributed by atoms with Crippen LogP contribution in [0.1, 0.15) is 10.4 Å². The summed E-state index contributed by atoms with van der Waals surface area (Å²) in [6, 6.07) is 8.26. The number of morpholine rings is 1. The molecule has 3 rings (SSSR count). The Morgan fingerprint density at radius 2 is 1.89 bits per heavy atom. The average Bonchev–Trinajstić information content (AvgIpc) is 2.62. The predicted molar refractivity (Wildman–Crippen MR) is 103 cm³/mol. The normalized spacial score (nSPS) is 14.9. The number of amides is 1. The molecule has 0 atom stereocenters. The van der Waals surface area contributed by atoms with Crippen LogP contribution in [0.2, 0.25) is 0 Å². The zero-order valence-electron chi connectivity index (χ0n) is 14.1. The molecule has 2 aromatic rings. The van der Waals surface area contributed by atoms with Gasteiger partial charge >= 0.3 is 0 Å². The van der Waals surface area contributed by atoms with Crippen molar-refractivity contribution in [3.8, 4) is 0 Å². The highest BCUT2D eigenvalue weighted by Crippen LogP contribution is 2.25. The van der Waals surface area contributed by atoms with Crippen LogP contribution >= 0.6 is 15.9 Å². The first-order valence-electron chi connectivity index (χ1n) is 8.01. The molecule has 1 fully saturated rings. The zero-order valence-corrected chi connectivity index (χ0v) is 16.5. The first kappa shape index (κ1) is 19.7. The van der Waals surface area contributed by atoms with E-state index in [0.29, 0.717) is 36.5 Å². The fraction of sp³-hybridized carbons (Fsp3) is 0.235. The Morgan fingerprint density at radius 3 is 2.52 bits per heavy atom. The van der Waals surface area contributed by atoms with Gasteiger partial charge < -0.3 is 15.0 Å². The molecule has 1 saturated heterocycles. The number of benzene rings is 2. The lowest BCUT2D eigenvalue weighted by molar-refractivity contribution is 0.102. The van der Waals surface area contributed by atoms with Gasteiger partial charge in [-0.1, -0.05) is 0 Å². The number of nitrogens with one attached hydrogen (secondary N) is 1. The van der Waals surface area contributed by atoms with E-state index in [1.54, 1.807) is 12.1 Å². The standard InChI is InChI=1S/C17H17BrFN3O4S/c18-14-3-2-12(27(20,24)25)10-13(14)17(23)21-11-1-4-16(15(19)9-11)22-5-7-26-8-6-22/h1-4,9-10H,5-8H2,(H,21,23)(H2,20,24,25). The summed E-state index contributed by atoms with van der Waals surface area (Å²) in [7, 11) is -3.95. The molecule has 1 aliphatic rings. The lowest BCUT2D eigenvalue weighted by Crippen LogP contribution is -2.36. The monoisotopic (exact) mass is 457 g/mol. The van der Waals surface area contributed by atoms with Crippen molar-refractivity contribution < 1.29 is 22.3 Å². The zero-order chi connectivity index (χ0) is 19.6. The molecular weight excluding hydrogens is 441 g/mol. The highest BCUT2D eigenvalue weighted by Gasteiger charge is 2.18. The molecule has 0 radical (unpaired) electrons. The number of anilines is 2. The van der Waals surface area contributed by atoms with Crippen molar-refractivity contribution in [1.29, 1.82) is 0 Å². The van der Waals surface area contributed by atoms with Crippen LogP contribution < -0.4 is 15.4 Å². The number of ether oxygens (including phenoxy) is 1. The van der Waals surface area contributed by atoms with Crippen molar-refractivity contribution in [1.82, 2.24) is 0 Å². The molecule has 144 valence electrons. The Balaban J connectivity index is 1.81. The molecular formula is C17H17BrFN3O4S. The van der Waals surface area contributed by atoms with Crippen LogP contribution in [0.15, 0.2) is 45.8 Å². The van der Waals surface area contributed by atoms with Gasteiger partial charge in [-0.2, -0.15) is 0 Å². The van der Waals surface area contributed by atoms with Crippen LogP contribution in [0.3, 0.4) is 0 Å². The van der Waals surface area contributed by atoms with Crippen LogP contribution in [0.4, 0.5) is 15.8 Å². The Bertz CT molecular complexity index is 978. The molecule has 1 heterocycles. The van der Waals surface area contributed by atoms with E-state index in [0.717, 1.165) is 6.07 Å². The van der Waals surface area contributed by atoms with Gasteiger partial charge in [0.25, 0.3) is 5.91 Å². The summed E-state index contributed by atoms with van der Waals surface area (Å²) in [6.45, 7) is 2.25. The Hall–Kier alpha value is -2.01. The molecule has 2 aromatic carbocycles. The largest absolute Gasteiger partial charge is 0.378 e. The maximum atomic E-state index is 14.4. The fourth-order valence-electron chi connectivity index (χ4n) is 2.70. The molecule has 1 amide bonds. The number of primary sulfonamides is 1. The number of halogens is 2. The van der Waals surface area contributed by atoms with E-state index in [9.17, 15) is 17.6 Å². The average molecular weight is 458 g/mol. The molecule has 0 aromatic heterocycles. The first-order valence-corrected chi connectivity index (χ1v) is 10.4. The number of rotatable bonds is 4. The second-order valence-corrected chi connectivity index (χ2v) is 8.32. The lowest BCUT2D eigenvalue weighted by atomic mass is 10.2. The van der Waals surface area contributed by atoms with E-state index < -0.39 is 21.7 Å². The van der Waals surface area contributed by atoms with Crippen molar-refractivity contribution in [2.24, 2.45) is 5.14 Å². The first-order chi connectivity index (χ1) is 12.8. The number of nitrogens with two attached hydrogens (primary N) is 1. The Labute approximate surface area is 164 Å². The second kappa shape index (κ2) is 7.93. The smallest absolute Gasteiger partial charge is 0.256 e. The van der Waals surface area contributed by atoms with Crippen LogP contribution in [0.5, 0.6) is 0 Å². The maximum Gasteiger partial charge on any atom is 0.256 e. The molecule has 0 unspecified atom stereocenters.